The number of rotatable bonds is 5. The number of carbonyl (C=O) groups excluding carboxylic acids is 2. The van der Waals surface area contributed by atoms with Crippen LogP contribution in [0, 0.1) is 0 Å². The van der Waals surface area contributed by atoms with Gasteiger partial charge in [-0.3, -0.25) is 9.59 Å². The molecule has 0 radical (unpaired) electrons. The summed E-state index contributed by atoms with van der Waals surface area (Å²) in [6.45, 7) is 0.600. The molecule has 2 aromatic carbocycles. The number of methoxy groups -OCH3 is 1. The predicted molar refractivity (Wildman–Crippen MR) is 109 cm³/mol. The van der Waals surface area contributed by atoms with Crippen molar-refractivity contribution in [2.24, 2.45) is 0 Å². The molecule has 1 aliphatic rings. The molecule has 0 spiro atoms. The van der Waals surface area contributed by atoms with Gasteiger partial charge in [0.2, 0.25) is 11.8 Å². The largest absolute Gasteiger partial charge is 0.375 e. The minimum absolute atomic E-state index is 0.00295. The molecule has 4 rings (SSSR count). The number of amides is 2. The summed E-state index contributed by atoms with van der Waals surface area (Å²) < 4.78 is 4.91. The monoisotopic (exact) mass is 377 g/mol. The van der Waals surface area contributed by atoms with Gasteiger partial charge >= 0.3 is 0 Å². The molecule has 1 fully saturated rings. The first-order valence-corrected chi connectivity index (χ1v) is 9.43. The minimum atomic E-state index is -0.434. The molecule has 2 amide bonds. The van der Waals surface area contributed by atoms with Gasteiger partial charge in [-0.1, -0.05) is 30.3 Å². The number of carbonyl (C=O) groups is 2. The molecule has 3 aromatic rings. The van der Waals surface area contributed by atoms with Gasteiger partial charge in [0.15, 0.2) is 0 Å². The Morgan fingerprint density at radius 1 is 1.18 bits per heavy atom. The van der Waals surface area contributed by atoms with Crippen molar-refractivity contribution in [2.75, 3.05) is 25.6 Å². The number of benzene rings is 2. The van der Waals surface area contributed by atoms with E-state index in [4.69, 9.17) is 4.74 Å². The summed E-state index contributed by atoms with van der Waals surface area (Å²) in [5.41, 5.74) is 3.89. The van der Waals surface area contributed by atoms with E-state index in [1.165, 1.54) is 7.11 Å². The molecule has 0 saturated carbocycles. The maximum absolute atomic E-state index is 12.7. The Balaban J connectivity index is 1.45. The van der Waals surface area contributed by atoms with Crippen molar-refractivity contribution in [3.05, 3.63) is 54.6 Å². The highest BCUT2D eigenvalue weighted by molar-refractivity contribution is 5.98. The molecule has 0 unspecified atom stereocenters. The summed E-state index contributed by atoms with van der Waals surface area (Å²) in [5, 5.41) is 4.10. The van der Waals surface area contributed by atoms with Gasteiger partial charge in [0.05, 0.1) is 0 Å². The van der Waals surface area contributed by atoms with E-state index < -0.39 is 6.04 Å². The number of nitrogens with one attached hydrogen (secondary N) is 2. The molecule has 1 atom stereocenters. The summed E-state index contributed by atoms with van der Waals surface area (Å²) >= 11 is 0. The van der Waals surface area contributed by atoms with Crippen molar-refractivity contribution in [1.82, 2.24) is 9.88 Å². The molecule has 1 saturated heterocycles. The van der Waals surface area contributed by atoms with Gasteiger partial charge < -0.3 is 19.9 Å². The summed E-state index contributed by atoms with van der Waals surface area (Å²) in [4.78, 5) is 29.8. The van der Waals surface area contributed by atoms with Crippen molar-refractivity contribution < 1.29 is 14.3 Å². The fraction of sp³-hybridized carbons (Fsp3) is 0.273. The van der Waals surface area contributed by atoms with E-state index in [0.29, 0.717) is 13.0 Å². The normalized spacial score (nSPS) is 16.5. The van der Waals surface area contributed by atoms with Gasteiger partial charge in [-0.2, -0.15) is 0 Å². The Morgan fingerprint density at radius 3 is 2.71 bits per heavy atom. The van der Waals surface area contributed by atoms with E-state index in [1.807, 2.05) is 42.5 Å². The zero-order valence-electron chi connectivity index (χ0n) is 15.8. The van der Waals surface area contributed by atoms with Crippen molar-refractivity contribution in [3.63, 3.8) is 0 Å². The molecule has 28 heavy (non-hydrogen) atoms. The summed E-state index contributed by atoms with van der Waals surface area (Å²) in [6.07, 6.45) is 1.50. The van der Waals surface area contributed by atoms with Gasteiger partial charge in [-0.25, -0.2) is 0 Å². The highest BCUT2D eigenvalue weighted by Gasteiger charge is 2.33. The average Bonchev–Trinajstić information content (AvgIpc) is 3.36. The zero-order valence-corrected chi connectivity index (χ0v) is 15.8. The lowest BCUT2D eigenvalue weighted by molar-refractivity contribution is -0.139. The zero-order chi connectivity index (χ0) is 19.5. The Bertz CT molecular complexity index is 961. The number of para-hydroxylation sites is 1. The molecule has 1 aromatic heterocycles. The number of hydrogen-bond acceptors (Lipinski definition) is 3. The van der Waals surface area contributed by atoms with Crippen LogP contribution in [-0.4, -0.2) is 48.0 Å². The van der Waals surface area contributed by atoms with Crippen LogP contribution in [-0.2, 0) is 14.3 Å². The van der Waals surface area contributed by atoms with Crippen LogP contribution >= 0.6 is 0 Å². The van der Waals surface area contributed by atoms with Gasteiger partial charge in [-0.05, 0) is 42.7 Å². The lowest BCUT2D eigenvalue weighted by Crippen LogP contribution is -2.44. The number of H-pyrrole nitrogens is 1. The summed E-state index contributed by atoms with van der Waals surface area (Å²) in [6, 6.07) is 17.5. The first-order chi connectivity index (χ1) is 13.7. The predicted octanol–water partition coefficient (Wildman–Crippen LogP) is 3.41. The number of fused-ring (bicyclic) bond motifs is 1. The van der Waals surface area contributed by atoms with Gasteiger partial charge in [0.25, 0.3) is 0 Å². The number of aromatic amines is 1. The first-order valence-electron chi connectivity index (χ1n) is 9.43. The third-order valence-electron chi connectivity index (χ3n) is 5.14. The lowest BCUT2D eigenvalue weighted by atomic mass is 10.1. The molecule has 6 nitrogen and oxygen atoms in total. The molecular formula is C22H23N3O3. The topological polar surface area (TPSA) is 74.4 Å². The van der Waals surface area contributed by atoms with E-state index in [9.17, 15) is 9.59 Å². The van der Waals surface area contributed by atoms with E-state index in [-0.39, 0.29) is 18.4 Å². The van der Waals surface area contributed by atoms with Crippen molar-refractivity contribution in [3.8, 4) is 11.3 Å². The van der Waals surface area contributed by atoms with E-state index >= 15 is 0 Å². The number of likely N-dealkylation sites (tertiary alicyclic amines) is 1. The molecule has 6 heteroatoms. The fourth-order valence-corrected chi connectivity index (χ4v) is 3.73. The quantitative estimate of drug-likeness (QED) is 0.716. The average molecular weight is 377 g/mol. The van der Waals surface area contributed by atoms with Crippen molar-refractivity contribution >= 4 is 28.4 Å². The Morgan fingerprint density at radius 2 is 1.96 bits per heavy atom. The minimum Gasteiger partial charge on any atom is -0.375 e. The number of nitrogens with zero attached hydrogens (tertiary/aromatic N) is 1. The molecule has 1 aliphatic heterocycles. The van der Waals surface area contributed by atoms with Crippen LogP contribution in [0.3, 0.4) is 0 Å². The van der Waals surface area contributed by atoms with Gasteiger partial charge in [-0.15, -0.1) is 0 Å². The summed E-state index contributed by atoms with van der Waals surface area (Å²) in [5.74, 6) is -0.297. The molecule has 0 bridgehead atoms. The fourth-order valence-electron chi connectivity index (χ4n) is 3.73. The number of hydrogen-bond donors (Lipinski definition) is 2. The Labute approximate surface area is 163 Å². The highest BCUT2D eigenvalue weighted by atomic mass is 16.5. The standard InChI is InChI=1S/C22H23N3O3/c1-28-14-21(26)25-12-4-7-20(25)22(27)23-17-10-8-15(9-11-17)19-13-16-5-2-3-6-18(16)24-19/h2-3,5-6,8-11,13,20,24H,4,7,12,14H2,1H3,(H,23,27)/t20-/m0/s1. The number of ether oxygens (including phenoxy) is 1. The second-order valence-corrected chi connectivity index (χ2v) is 7.02. The van der Waals surface area contributed by atoms with Crippen LogP contribution in [0.1, 0.15) is 12.8 Å². The third kappa shape index (κ3) is 3.64. The molecule has 2 heterocycles. The number of anilines is 1. The number of aromatic nitrogens is 1. The van der Waals surface area contributed by atoms with E-state index in [1.54, 1.807) is 4.90 Å². The van der Waals surface area contributed by atoms with Crippen LogP contribution in [0.4, 0.5) is 5.69 Å². The van der Waals surface area contributed by atoms with Crippen molar-refractivity contribution in [2.45, 2.75) is 18.9 Å². The van der Waals surface area contributed by atoms with Gasteiger partial charge in [0.1, 0.15) is 12.6 Å². The lowest BCUT2D eigenvalue weighted by Gasteiger charge is -2.23. The van der Waals surface area contributed by atoms with Gasteiger partial charge in [0, 0.05) is 35.9 Å². The van der Waals surface area contributed by atoms with Crippen LogP contribution in [0.2, 0.25) is 0 Å². The molecule has 2 N–H and O–H groups in total. The maximum Gasteiger partial charge on any atom is 0.249 e. The Kier molecular flexibility index (Phi) is 5.12. The first kappa shape index (κ1) is 18.3. The van der Waals surface area contributed by atoms with Crippen LogP contribution in [0.5, 0.6) is 0 Å². The van der Waals surface area contributed by atoms with Crippen LogP contribution < -0.4 is 5.32 Å². The van der Waals surface area contributed by atoms with E-state index in [2.05, 4.69) is 22.4 Å². The van der Waals surface area contributed by atoms with Crippen LogP contribution in [0.15, 0.2) is 54.6 Å². The smallest absolute Gasteiger partial charge is 0.249 e. The van der Waals surface area contributed by atoms with Crippen LogP contribution in [0.25, 0.3) is 22.2 Å². The molecular weight excluding hydrogens is 354 g/mol. The van der Waals surface area contributed by atoms with Crippen molar-refractivity contribution in [1.29, 1.82) is 0 Å². The highest BCUT2D eigenvalue weighted by Crippen LogP contribution is 2.26. The second kappa shape index (κ2) is 7.86. The Hall–Kier alpha value is -3.12. The summed E-state index contributed by atoms with van der Waals surface area (Å²) in [7, 11) is 1.48. The SMILES string of the molecule is COCC(=O)N1CCC[C@H]1C(=O)Nc1ccc(-c2cc3ccccc3[nH]2)cc1. The third-order valence-corrected chi connectivity index (χ3v) is 5.14. The molecule has 0 aliphatic carbocycles. The van der Waals surface area contributed by atoms with E-state index in [0.717, 1.165) is 34.3 Å². The maximum atomic E-state index is 12.7. The molecule has 144 valence electrons. The second-order valence-electron chi connectivity index (χ2n) is 7.02.